The highest BCUT2D eigenvalue weighted by Crippen LogP contribution is 2.43. The van der Waals surface area contributed by atoms with Crippen LogP contribution in [0.4, 0.5) is 0 Å². The van der Waals surface area contributed by atoms with Gasteiger partial charge in [0.1, 0.15) is 12.7 Å². The van der Waals surface area contributed by atoms with Crippen molar-refractivity contribution in [1.29, 1.82) is 0 Å². The predicted octanol–water partition coefficient (Wildman–Crippen LogP) is 9.86. The van der Waals surface area contributed by atoms with Crippen molar-refractivity contribution >= 4 is 19.8 Å². The number of allylic oxidation sites excluding steroid dienone is 11. The van der Waals surface area contributed by atoms with Crippen molar-refractivity contribution in [2.45, 2.75) is 167 Å². The second-order valence-electron chi connectivity index (χ2n) is 13.9. The van der Waals surface area contributed by atoms with Gasteiger partial charge in [0.25, 0.3) is 0 Å². The van der Waals surface area contributed by atoms with E-state index in [0.29, 0.717) is 25.7 Å². The number of carbonyl (C=O) groups is 2. The molecule has 56 heavy (non-hydrogen) atoms. The molecule has 0 aliphatic rings. The number of esters is 2. The molecule has 0 aliphatic carbocycles. The highest BCUT2D eigenvalue weighted by molar-refractivity contribution is 7.47. The average molecular weight is 811 g/mol. The zero-order valence-corrected chi connectivity index (χ0v) is 35.3. The van der Waals surface area contributed by atoms with Crippen molar-refractivity contribution < 1.29 is 52.9 Å². The van der Waals surface area contributed by atoms with Crippen molar-refractivity contribution in [3.63, 3.8) is 0 Å². The standard InChI is InChI=1S/C44H75O11P/c1-3-5-6-7-8-9-10-11-12-15-18-21-24-27-30-34-43(48)52-38-42(39-54-56(50,51)53-37-41(47)36-45)55-44(49)35-31-28-25-22-19-16-13-14-17-20-23-26-29-33-40(46)32-4-2/h9-13,16-17,20,22,25-26,29,40-42,45-47H,3-8,14-15,18-19,21,23-24,27-28,30-39H2,1-2H3,(H,50,51)/b10-9-,12-11-,16-13-,20-17-,25-22-,29-26-/t40?,41-,42+/m0/s1. The quantitative estimate of drug-likeness (QED) is 0.0154. The van der Waals surface area contributed by atoms with Crippen LogP contribution < -0.4 is 0 Å². The van der Waals surface area contributed by atoms with Crippen molar-refractivity contribution in [1.82, 2.24) is 0 Å². The number of rotatable bonds is 38. The van der Waals surface area contributed by atoms with E-state index in [1.807, 2.05) is 18.2 Å². The fraction of sp³-hybridized carbons (Fsp3) is 0.682. The van der Waals surface area contributed by atoms with Gasteiger partial charge in [-0.2, -0.15) is 0 Å². The molecule has 0 heterocycles. The van der Waals surface area contributed by atoms with Crippen LogP contribution in [0.5, 0.6) is 0 Å². The molecule has 0 aromatic rings. The number of aliphatic hydroxyl groups is 3. The fourth-order valence-corrected chi connectivity index (χ4v) is 5.96. The Kier molecular flexibility index (Phi) is 37.4. The maximum absolute atomic E-state index is 12.6. The van der Waals surface area contributed by atoms with Gasteiger partial charge in [-0.25, -0.2) is 4.57 Å². The van der Waals surface area contributed by atoms with Crippen molar-refractivity contribution in [2.75, 3.05) is 26.4 Å². The topological polar surface area (TPSA) is 169 Å². The van der Waals surface area contributed by atoms with Crippen LogP contribution in [0, 0.1) is 0 Å². The summed E-state index contributed by atoms with van der Waals surface area (Å²) in [5, 5.41) is 28.0. The lowest BCUT2D eigenvalue weighted by Crippen LogP contribution is -2.29. The van der Waals surface area contributed by atoms with Gasteiger partial charge in [-0.3, -0.25) is 18.6 Å². The molecule has 0 saturated heterocycles. The Labute approximate surface area is 338 Å². The van der Waals surface area contributed by atoms with Gasteiger partial charge in [-0.15, -0.1) is 0 Å². The number of hydrogen-bond donors (Lipinski definition) is 4. The predicted molar refractivity (Wildman–Crippen MR) is 225 cm³/mol. The average Bonchev–Trinajstić information content (AvgIpc) is 3.18. The number of aliphatic hydroxyl groups excluding tert-OH is 3. The first kappa shape index (κ1) is 53.4. The first-order valence-electron chi connectivity index (χ1n) is 21.0. The number of phosphoric acid groups is 1. The zero-order valence-electron chi connectivity index (χ0n) is 34.4. The minimum absolute atomic E-state index is 0.0863. The van der Waals surface area contributed by atoms with E-state index in [1.165, 1.54) is 25.7 Å². The van der Waals surface area contributed by atoms with Crippen LogP contribution >= 0.6 is 7.82 Å². The highest BCUT2D eigenvalue weighted by Gasteiger charge is 2.27. The van der Waals surface area contributed by atoms with Gasteiger partial charge in [0.05, 0.1) is 25.9 Å². The molecular formula is C44H75O11P. The van der Waals surface area contributed by atoms with E-state index < -0.39 is 51.8 Å². The van der Waals surface area contributed by atoms with Gasteiger partial charge in [-0.1, -0.05) is 132 Å². The number of carbonyl (C=O) groups excluding carboxylic acids is 2. The first-order valence-corrected chi connectivity index (χ1v) is 22.5. The van der Waals surface area contributed by atoms with E-state index >= 15 is 0 Å². The van der Waals surface area contributed by atoms with E-state index in [4.69, 9.17) is 19.1 Å². The summed E-state index contributed by atoms with van der Waals surface area (Å²) in [5.41, 5.74) is 0. The SMILES string of the molecule is CCCCCC/C=C\C=C/CCCCCCCC(=O)OC[C@H](COP(=O)(O)OC[C@@H](O)CO)OC(=O)CCC/C=C\C/C=C\C/C=C\C/C=C\CC(O)CCC. The minimum Gasteiger partial charge on any atom is -0.462 e. The Hall–Kier alpha value is -2.63. The third kappa shape index (κ3) is 38.3. The van der Waals surface area contributed by atoms with Crippen molar-refractivity contribution in [3.8, 4) is 0 Å². The summed E-state index contributed by atoms with van der Waals surface area (Å²) in [7, 11) is -4.65. The van der Waals surface area contributed by atoms with E-state index in [1.54, 1.807) is 0 Å². The summed E-state index contributed by atoms with van der Waals surface area (Å²) in [6.45, 7) is 2.04. The van der Waals surface area contributed by atoms with Crippen LogP contribution in [0.2, 0.25) is 0 Å². The summed E-state index contributed by atoms with van der Waals surface area (Å²) in [6.07, 6.45) is 40.8. The third-order valence-corrected chi connectivity index (χ3v) is 9.37. The Morgan fingerprint density at radius 3 is 1.75 bits per heavy atom. The molecule has 0 amide bonds. The maximum Gasteiger partial charge on any atom is 0.472 e. The Morgan fingerprint density at radius 2 is 1.12 bits per heavy atom. The van der Waals surface area contributed by atoms with E-state index in [2.05, 4.69) is 73.1 Å². The molecule has 0 fully saturated rings. The zero-order chi connectivity index (χ0) is 41.4. The Morgan fingerprint density at radius 1 is 0.589 bits per heavy atom. The van der Waals surface area contributed by atoms with Crippen LogP contribution in [-0.4, -0.2) is 76.9 Å². The molecule has 322 valence electrons. The summed E-state index contributed by atoms with van der Waals surface area (Å²) in [4.78, 5) is 34.9. The van der Waals surface area contributed by atoms with Gasteiger partial charge in [0, 0.05) is 12.8 Å². The monoisotopic (exact) mass is 811 g/mol. The summed E-state index contributed by atoms with van der Waals surface area (Å²) in [6, 6.07) is 0. The summed E-state index contributed by atoms with van der Waals surface area (Å²) in [5.74, 6) is -1.04. The lowest BCUT2D eigenvalue weighted by atomic mass is 10.1. The van der Waals surface area contributed by atoms with Crippen LogP contribution in [0.3, 0.4) is 0 Å². The second-order valence-corrected chi connectivity index (χ2v) is 15.3. The van der Waals surface area contributed by atoms with Crippen LogP contribution in [0.25, 0.3) is 0 Å². The lowest BCUT2D eigenvalue weighted by Gasteiger charge is -2.20. The molecule has 0 aliphatic heterocycles. The van der Waals surface area contributed by atoms with E-state index in [-0.39, 0.29) is 25.6 Å². The fourth-order valence-electron chi connectivity index (χ4n) is 5.17. The first-order chi connectivity index (χ1) is 27.1. The summed E-state index contributed by atoms with van der Waals surface area (Å²) >= 11 is 0. The van der Waals surface area contributed by atoms with Gasteiger partial charge in [0.15, 0.2) is 6.10 Å². The van der Waals surface area contributed by atoms with Crippen molar-refractivity contribution in [2.24, 2.45) is 0 Å². The number of unbranched alkanes of at least 4 members (excludes halogenated alkanes) is 10. The maximum atomic E-state index is 12.6. The molecule has 12 heteroatoms. The third-order valence-electron chi connectivity index (χ3n) is 8.42. The molecule has 4 N–H and O–H groups in total. The smallest absolute Gasteiger partial charge is 0.462 e. The molecule has 0 radical (unpaired) electrons. The van der Waals surface area contributed by atoms with E-state index in [0.717, 1.165) is 70.6 Å². The number of hydrogen-bond acceptors (Lipinski definition) is 10. The van der Waals surface area contributed by atoms with Gasteiger partial charge in [-0.05, 0) is 77.0 Å². The van der Waals surface area contributed by atoms with Crippen molar-refractivity contribution in [3.05, 3.63) is 72.9 Å². The molecule has 0 aromatic heterocycles. The van der Waals surface area contributed by atoms with Gasteiger partial charge in [0.2, 0.25) is 0 Å². The molecule has 0 aromatic carbocycles. The molecule has 0 spiro atoms. The number of ether oxygens (including phenoxy) is 2. The van der Waals surface area contributed by atoms with Crippen LogP contribution in [0.15, 0.2) is 72.9 Å². The molecule has 4 atom stereocenters. The molecule has 2 unspecified atom stereocenters. The molecule has 0 saturated carbocycles. The number of phosphoric ester groups is 1. The Balaban J connectivity index is 4.48. The van der Waals surface area contributed by atoms with E-state index in [9.17, 15) is 29.3 Å². The highest BCUT2D eigenvalue weighted by atomic mass is 31.2. The normalized spacial score (nSPS) is 15.2. The Bertz CT molecular complexity index is 1180. The van der Waals surface area contributed by atoms with Crippen LogP contribution in [-0.2, 0) is 32.7 Å². The largest absolute Gasteiger partial charge is 0.472 e. The van der Waals surface area contributed by atoms with Gasteiger partial charge >= 0.3 is 19.8 Å². The van der Waals surface area contributed by atoms with Crippen LogP contribution in [0.1, 0.15) is 149 Å². The molecule has 11 nitrogen and oxygen atoms in total. The molecule has 0 rings (SSSR count). The molecular weight excluding hydrogens is 735 g/mol. The lowest BCUT2D eigenvalue weighted by molar-refractivity contribution is -0.161. The molecule has 0 bridgehead atoms. The summed E-state index contributed by atoms with van der Waals surface area (Å²) < 4.78 is 32.6. The minimum atomic E-state index is -4.65. The van der Waals surface area contributed by atoms with Gasteiger partial charge < -0.3 is 29.7 Å². The second kappa shape index (κ2) is 39.2.